The quantitative estimate of drug-likeness (QED) is 0.767. The second-order valence-corrected chi connectivity index (χ2v) is 7.89. The summed E-state index contributed by atoms with van der Waals surface area (Å²) in [4.78, 5) is 9.48. The van der Waals surface area contributed by atoms with Gasteiger partial charge in [-0.15, -0.1) is 0 Å². The highest BCUT2D eigenvalue weighted by Gasteiger charge is 2.19. The van der Waals surface area contributed by atoms with Crippen LogP contribution in [0.5, 0.6) is 5.75 Å². The lowest BCUT2D eigenvalue weighted by molar-refractivity contribution is 0.242. The van der Waals surface area contributed by atoms with Crippen LogP contribution in [-0.2, 0) is 0 Å². The Morgan fingerprint density at radius 2 is 1.54 bits per heavy atom. The molecular weight excluding hydrogens is 322 g/mol. The van der Waals surface area contributed by atoms with E-state index in [0.717, 1.165) is 40.1 Å². The average Bonchev–Trinajstić information content (AvgIpc) is 2.57. The van der Waals surface area contributed by atoms with Crippen LogP contribution in [0.3, 0.4) is 0 Å². The highest BCUT2D eigenvalue weighted by Crippen LogP contribution is 2.29. The molecule has 1 fully saturated rings. The summed E-state index contributed by atoms with van der Waals surface area (Å²) < 4.78 is 5.74. The fourth-order valence-electron chi connectivity index (χ4n) is 3.76. The number of nitrogens with zero attached hydrogens (tertiary/aromatic N) is 2. The molecule has 1 aromatic heterocycles. The molecule has 1 saturated carbocycles. The van der Waals surface area contributed by atoms with E-state index < -0.39 is 0 Å². The van der Waals surface area contributed by atoms with Crippen LogP contribution >= 0.6 is 0 Å². The molecule has 0 amide bonds. The molecule has 0 unspecified atom stereocenters. The standard InChI is InChI=1S/C22H31N3O/c1-14(2)26-20-12-8-18(9-13-20)21-16(4)23-22(24-17(21)5)25-19-10-6-15(3)7-11-19/h8-9,12-15,19H,6-7,10-11H2,1-5H3,(H,23,24,25). The van der Waals surface area contributed by atoms with Crippen LogP contribution in [0.4, 0.5) is 5.95 Å². The normalized spacial score (nSPS) is 20.2. The zero-order valence-electron chi connectivity index (χ0n) is 16.7. The highest BCUT2D eigenvalue weighted by atomic mass is 16.5. The molecule has 0 saturated heterocycles. The Kier molecular flexibility index (Phi) is 5.80. The lowest BCUT2D eigenvalue weighted by Crippen LogP contribution is -2.26. The molecular formula is C22H31N3O. The fourth-order valence-corrected chi connectivity index (χ4v) is 3.76. The largest absolute Gasteiger partial charge is 0.491 e. The van der Waals surface area contributed by atoms with Crippen molar-refractivity contribution in [2.75, 3.05) is 5.32 Å². The van der Waals surface area contributed by atoms with Gasteiger partial charge < -0.3 is 10.1 Å². The first kappa shape index (κ1) is 18.7. The number of rotatable bonds is 5. The zero-order valence-corrected chi connectivity index (χ0v) is 16.7. The lowest BCUT2D eigenvalue weighted by atomic mass is 9.87. The number of aromatic nitrogens is 2. The summed E-state index contributed by atoms with van der Waals surface area (Å²) in [5.41, 5.74) is 4.28. The third kappa shape index (κ3) is 4.54. The van der Waals surface area contributed by atoms with Crippen molar-refractivity contribution in [2.24, 2.45) is 5.92 Å². The molecule has 1 aromatic carbocycles. The van der Waals surface area contributed by atoms with E-state index >= 15 is 0 Å². The van der Waals surface area contributed by atoms with Crippen molar-refractivity contribution in [3.8, 4) is 16.9 Å². The van der Waals surface area contributed by atoms with E-state index in [1.54, 1.807) is 0 Å². The van der Waals surface area contributed by atoms with Crippen LogP contribution in [0, 0.1) is 19.8 Å². The van der Waals surface area contributed by atoms with Crippen molar-refractivity contribution in [1.29, 1.82) is 0 Å². The summed E-state index contributed by atoms with van der Waals surface area (Å²) in [6, 6.07) is 8.72. The molecule has 3 rings (SSSR count). The SMILES string of the molecule is Cc1nc(NC2CCC(C)CC2)nc(C)c1-c1ccc(OC(C)C)cc1. The summed E-state index contributed by atoms with van der Waals surface area (Å²) in [6.07, 6.45) is 5.18. The van der Waals surface area contributed by atoms with Gasteiger partial charge in [0.05, 0.1) is 17.5 Å². The van der Waals surface area contributed by atoms with Gasteiger partial charge >= 0.3 is 0 Å². The molecule has 0 radical (unpaired) electrons. The van der Waals surface area contributed by atoms with Gasteiger partial charge in [-0.1, -0.05) is 19.1 Å². The summed E-state index contributed by atoms with van der Waals surface area (Å²) in [5, 5.41) is 3.55. The number of anilines is 1. The van der Waals surface area contributed by atoms with Crippen LogP contribution < -0.4 is 10.1 Å². The van der Waals surface area contributed by atoms with Crippen molar-refractivity contribution < 1.29 is 4.74 Å². The smallest absolute Gasteiger partial charge is 0.223 e. The molecule has 1 aliphatic carbocycles. The van der Waals surface area contributed by atoms with Gasteiger partial charge in [0.15, 0.2) is 0 Å². The molecule has 4 nitrogen and oxygen atoms in total. The zero-order chi connectivity index (χ0) is 18.7. The Bertz CT molecular complexity index is 709. The van der Waals surface area contributed by atoms with E-state index in [1.807, 2.05) is 26.0 Å². The number of hydrogen-bond donors (Lipinski definition) is 1. The maximum absolute atomic E-state index is 5.74. The van der Waals surface area contributed by atoms with E-state index in [0.29, 0.717) is 6.04 Å². The first-order chi connectivity index (χ1) is 12.4. The molecule has 140 valence electrons. The summed E-state index contributed by atoms with van der Waals surface area (Å²) >= 11 is 0. The third-order valence-corrected chi connectivity index (χ3v) is 5.13. The van der Waals surface area contributed by atoms with Crippen LogP contribution in [0.25, 0.3) is 11.1 Å². The number of benzene rings is 1. The Morgan fingerprint density at radius 1 is 0.962 bits per heavy atom. The van der Waals surface area contributed by atoms with Crippen LogP contribution in [0.2, 0.25) is 0 Å². The average molecular weight is 354 g/mol. The Labute approximate surface area is 157 Å². The first-order valence-electron chi connectivity index (χ1n) is 9.81. The van der Waals surface area contributed by atoms with Gasteiger partial charge in [0, 0.05) is 11.6 Å². The van der Waals surface area contributed by atoms with Gasteiger partial charge in [0.1, 0.15) is 5.75 Å². The number of ether oxygens (including phenoxy) is 1. The van der Waals surface area contributed by atoms with E-state index in [2.05, 4.69) is 38.2 Å². The Morgan fingerprint density at radius 3 is 2.08 bits per heavy atom. The second-order valence-electron chi connectivity index (χ2n) is 7.89. The monoisotopic (exact) mass is 353 g/mol. The van der Waals surface area contributed by atoms with E-state index in [9.17, 15) is 0 Å². The van der Waals surface area contributed by atoms with Crippen LogP contribution in [0.1, 0.15) is 57.8 Å². The van der Waals surface area contributed by atoms with Crippen LogP contribution in [-0.4, -0.2) is 22.1 Å². The molecule has 0 spiro atoms. The van der Waals surface area contributed by atoms with Gasteiger partial charge in [-0.05, 0) is 77.0 Å². The number of hydrogen-bond acceptors (Lipinski definition) is 4. The van der Waals surface area contributed by atoms with Gasteiger partial charge in [-0.3, -0.25) is 0 Å². The Balaban J connectivity index is 1.76. The third-order valence-electron chi connectivity index (χ3n) is 5.13. The van der Waals surface area contributed by atoms with E-state index in [-0.39, 0.29) is 6.10 Å². The fraction of sp³-hybridized carbons (Fsp3) is 0.545. The summed E-state index contributed by atoms with van der Waals surface area (Å²) in [5.74, 6) is 2.51. The minimum Gasteiger partial charge on any atom is -0.491 e. The van der Waals surface area contributed by atoms with Gasteiger partial charge in [0.25, 0.3) is 0 Å². The van der Waals surface area contributed by atoms with Crippen molar-refractivity contribution in [3.05, 3.63) is 35.7 Å². The maximum atomic E-state index is 5.74. The molecule has 2 aromatic rings. The molecule has 0 bridgehead atoms. The van der Waals surface area contributed by atoms with Crippen LogP contribution in [0.15, 0.2) is 24.3 Å². The Hall–Kier alpha value is -2.10. The van der Waals surface area contributed by atoms with Crippen molar-refractivity contribution in [2.45, 2.75) is 72.4 Å². The predicted molar refractivity (Wildman–Crippen MR) is 108 cm³/mol. The van der Waals surface area contributed by atoms with E-state index in [1.165, 1.54) is 25.7 Å². The minimum absolute atomic E-state index is 0.181. The van der Waals surface area contributed by atoms with E-state index in [4.69, 9.17) is 14.7 Å². The molecule has 0 aliphatic heterocycles. The predicted octanol–water partition coefficient (Wildman–Crippen LogP) is 5.54. The molecule has 1 N–H and O–H groups in total. The maximum Gasteiger partial charge on any atom is 0.223 e. The van der Waals surface area contributed by atoms with Gasteiger partial charge in [-0.2, -0.15) is 0 Å². The topological polar surface area (TPSA) is 47.0 Å². The highest BCUT2D eigenvalue weighted by molar-refractivity contribution is 5.69. The molecule has 26 heavy (non-hydrogen) atoms. The lowest BCUT2D eigenvalue weighted by Gasteiger charge is -2.27. The molecule has 4 heteroatoms. The van der Waals surface area contributed by atoms with Crippen molar-refractivity contribution in [3.63, 3.8) is 0 Å². The van der Waals surface area contributed by atoms with Gasteiger partial charge in [-0.25, -0.2) is 9.97 Å². The minimum atomic E-state index is 0.181. The first-order valence-corrected chi connectivity index (χ1v) is 9.81. The molecule has 0 atom stereocenters. The molecule has 1 heterocycles. The number of nitrogens with one attached hydrogen (secondary N) is 1. The summed E-state index contributed by atoms with van der Waals surface area (Å²) in [6.45, 7) is 10.5. The second kappa shape index (κ2) is 8.07. The van der Waals surface area contributed by atoms with Crippen molar-refractivity contribution in [1.82, 2.24) is 9.97 Å². The number of aryl methyl sites for hydroxylation is 2. The van der Waals surface area contributed by atoms with Gasteiger partial charge in [0.2, 0.25) is 5.95 Å². The van der Waals surface area contributed by atoms with Crippen molar-refractivity contribution >= 4 is 5.95 Å². The molecule has 1 aliphatic rings. The summed E-state index contributed by atoms with van der Waals surface area (Å²) in [7, 11) is 0.